The van der Waals surface area contributed by atoms with E-state index in [1.807, 2.05) is 13.0 Å². The van der Waals surface area contributed by atoms with Crippen molar-refractivity contribution in [1.29, 1.82) is 5.26 Å². The molecule has 0 aliphatic carbocycles. The third kappa shape index (κ3) is 4.23. The van der Waals surface area contributed by atoms with Crippen LogP contribution in [0, 0.1) is 18.3 Å². The number of hydrogen-bond donors (Lipinski definition) is 1. The molecule has 0 aliphatic heterocycles. The lowest BCUT2D eigenvalue weighted by molar-refractivity contribution is -0.147. The number of alkyl halides is 3. The minimum Gasteiger partial charge on any atom is -0.289 e. The summed E-state index contributed by atoms with van der Waals surface area (Å²) in [6.45, 7) is 2.56. The summed E-state index contributed by atoms with van der Waals surface area (Å²) < 4.78 is 66.5. The second kappa shape index (κ2) is 8.51. The van der Waals surface area contributed by atoms with Crippen LogP contribution in [-0.4, -0.2) is 40.2 Å². The van der Waals surface area contributed by atoms with Crippen molar-refractivity contribution >= 4 is 21.1 Å². The summed E-state index contributed by atoms with van der Waals surface area (Å²) in [5.74, 6) is 0.482. The zero-order chi connectivity index (χ0) is 24.7. The number of nitrogens with zero attached hydrogens (tertiary/aromatic N) is 5. The van der Waals surface area contributed by atoms with Crippen LogP contribution in [0.1, 0.15) is 18.1 Å². The molecule has 4 aromatic rings. The highest BCUT2D eigenvalue weighted by Gasteiger charge is 2.39. The standard InChI is InChI=1S/C22H17F3N6O2S/c1-13-9-18-20(29-11-13)16(10-26)21(31(18)19-5-3-4-8-27-19)17-7-6-15(12-28-17)34(32,33)30-14(2)22(23,24)25/h3-9,11-12,14,30H,1-2H3/t14-/m0/s1. The summed E-state index contributed by atoms with van der Waals surface area (Å²) in [6.07, 6.45) is -0.596. The number of halogens is 3. The van der Waals surface area contributed by atoms with E-state index in [2.05, 4.69) is 21.0 Å². The van der Waals surface area contributed by atoms with Gasteiger partial charge >= 0.3 is 6.18 Å². The number of hydrogen-bond acceptors (Lipinski definition) is 6. The number of rotatable bonds is 5. The minimum absolute atomic E-state index is 0.201. The number of nitriles is 1. The summed E-state index contributed by atoms with van der Waals surface area (Å²) in [7, 11) is -4.48. The number of aromatic nitrogens is 4. The Morgan fingerprint density at radius 1 is 1.12 bits per heavy atom. The molecule has 0 spiro atoms. The summed E-state index contributed by atoms with van der Waals surface area (Å²) in [5, 5.41) is 9.90. The molecular weight excluding hydrogens is 469 g/mol. The highest BCUT2D eigenvalue weighted by Crippen LogP contribution is 2.34. The van der Waals surface area contributed by atoms with Crippen LogP contribution < -0.4 is 4.72 Å². The van der Waals surface area contributed by atoms with Crippen LogP contribution in [0.5, 0.6) is 0 Å². The van der Waals surface area contributed by atoms with Crippen LogP contribution in [0.3, 0.4) is 0 Å². The lowest BCUT2D eigenvalue weighted by atomic mass is 10.1. The fraction of sp³-hybridized carbons (Fsp3) is 0.182. The molecule has 0 radical (unpaired) electrons. The Morgan fingerprint density at radius 3 is 2.47 bits per heavy atom. The van der Waals surface area contributed by atoms with Crippen molar-refractivity contribution in [3.8, 4) is 23.3 Å². The maximum atomic E-state index is 12.8. The largest absolute Gasteiger partial charge is 0.404 e. The van der Waals surface area contributed by atoms with Gasteiger partial charge in [0.2, 0.25) is 10.0 Å². The van der Waals surface area contributed by atoms with Gasteiger partial charge in [-0.25, -0.2) is 13.4 Å². The average Bonchev–Trinajstić information content (AvgIpc) is 3.12. The first-order chi connectivity index (χ1) is 16.0. The monoisotopic (exact) mass is 486 g/mol. The fourth-order valence-electron chi connectivity index (χ4n) is 3.38. The molecule has 0 aromatic carbocycles. The maximum absolute atomic E-state index is 12.8. The van der Waals surface area contributed by atoms with Crippen molar-refractivity contribution in [3.05, 3.63) is 66.1 Å². The van der Waals surface area contributed by atoms with E-state index in [0.717, 1.165) is 17.8 Å². The second-order valence-electron chi connectivity index (χ2n) is 7.50. The third-order valence-corrected chi connectivity index (χ3v) is 6.57. The molecule has 4 rings (SSSR count). The summed E-state index contributed by atoms with van der Waals surface area (Å²) in [6, 6.07) is 9.38. The highest BCUT2D eigenvalue weighted by molar-refractivity contribution is 7.89. The smallest absolute Gasteiger partial charge is 0.289 e. The van der Waals surface area contributed by atoms with Crippen molar-refractivity contribution in [2.45, 2.75) is 31.0 Å². The van der Waals surface area contributed by atoms with E-state index < -0.39 is 27.1 Å². The molecule has 8 nitrogen and oxygen atoms in total. The van der Waals surface area contributed by atoms with Crippen LogP contribution in [0.2, 0.25) is 0 Å². The van der Waals surface area contributed by atoms with Crippen LogP contribution >= 0.6 is 0 Å². The SMILES string of the molecule is Cc1cnc2c(C#N)c(-c3ccc(S(=O)(=O)N[C@@H](C)C(F)(F)F)cn3)n(-c3ccccn3)c2c1. The van der Waals surface area contributed by atoms with Gasteiger partial charge in [0.1, 0.15) is 33.9 Å². The molecular formula is C22H17F3N6O2S. The van der Waals surface area contributed by atoms with E-state index in [1.165, 1.54) is 6.07 Å². The molecule has 0 fully saturated rings. The van der Waals surface area contributed by atoms with Gasteiger partial charge in [-0.3, -0.25) is 14.5 Å². The van der Waals surface area contributed by atoms with Crippen LogP contribution in [0.4, 0.5) is 13.2 Å². The van der Waals surface area contributed by atoms with Gasteiger partial charge in [0, 0.05) is 18.6 Å². The molecule has 34 heavy (non-hydrogen) atoms. The van der Waals surface area contributed by atoms with E-state index in [4.69, 9.17) is 0 Å². The van der Waals surface area contributed by atoms with Crippen molar-refractivity contribution < 1.29 is 21.6 Å². The first-order valence-corrected chi connectivity index (χ1v) is 11.4. The molecule has 0 saturated carbocycles. The third-order valence-electron chi connectivity index (χ3n) is 5.04. The number of aryl methyl sites for hydroxylation is 1. The average molecular weight is 486 g/mol. The molecule has 4 heterocycles. The zero-order valence-corrected chi connectivity index (χ0v) is 18.7. The van der Waals surface area contributed by atoms with Gasteiger partial charge in [-0.15, -0.1) is 0 Å². The topological polar surface area (TPSA) is 114 Å². The Bertz CT molecular complexity index is 1510. The predicted molar refractivity (Wildman–Crippen MR) is 117 cm³/mol. The van der Waals surface area contributed by atoms with Crippen molar-refractivity contribution in [2.75, 3.05) is 0 Å². The van der Waals surface area contributed by atoms with E-state index in [9.17, 15) is 26.9 Å². The number of fused-ring (bicyclic) bond motifs is 1. The molecule has 0 amide bonds. The first-order valence-electron chi connectivity index (χ1n) is 9.91. The first kappa shape index (κ1) is 23.3. The van der Waals surface area contributed by atoms with Crippen LogP contribution in [-0.2, 0) is 10.0 Å². The minimum atomic E-state index is -4.74. The Hall–Kier alpha value is -3.82. The normalized spacial score (nSPS) is 13.1. The van der Waals surface area contributed by atoms with Crippen LogP contribution in [0.25, 0.3) is 28.2 Å². The Morgan fingerprint density at radius 2 is 1.88 bits per heavy atom. The Labute approximate surface area is 192 Å². The van der Waals surface area contributed by atoms with E-state index in [-0.39, 0.29) is 11.3 Å². The molecule has 1 atom stereocenters. The van der Waals surface area contributed by atoms with Gasteiger partial charge in [-0.1, -0.05) is 6.07 Å². The number of sulfonamides is 1. The van der Waals surface area contributed by atoms with E-state index in [0.29, 0.717) is 29.5 Å². The van der Waals surface area contributed by atoms with Gasteiger partial charge in [-0.2, -0.15) is 23.2 Å². The highest BCUT2D eigenvalue weighted by atomic mass is 32.2. The van der Waals surface area contributed by atoms with E-state index in [1.54, 1.807) is 39.9 Å². The van der Waals surface area contributed by atoms with Gasteiger partial charge in [0.15, 0.2) is 0 Å². The van der Waals surface area contributed by atoms with E-state index >= 15 is 0 Å². The number of nitrogens with one attached hydrogen (secondary N) is 1. The quantitative estimate of drug-likeness (QED) is 0.458. The molecule has 0 saturated heterocycles. The van der Waals surface area contributed by atoms with Gasteiger partial charge in [-0.05, 0) is 49.7 Å². The number of pyridine rings is 3. The van der Waals surface area contributed by atoms with Crippen molar-refractivity contribution in [3.63, 3.8) is 0 Å². The molecule has 0 aliphatic rings. The molecule has 0 bridgehead atoms. The predicted octanol–water partition coefficient (Wildman–Crippen LogP) is 3.89. The Balaban J connectivity index is 1.87. The van der Waals surface area contributed by atoms with Crippen molar-refractivity contribution in [1.82, 2.24) is 24.2 Å². The molecule has 0 unspecified atom stereocenters. The lowest BCUT2D eigenvalue weighted by Crippen LogP contribution is -2.42. The lowest BCUT2D eigenvalue weighted by Gasteiger charge is -2.17. The van der Waals surface area contributed by atoms with Crippen molar-refractivity contribution in [2.24, 2.45) is 0 Å². The summed E-state index contributed by atoms with van der Waals surface area (Å²) in [4.78, 5) is 12.5. The maximum Gasteiger partial charge on any atom is 0.404 e. The zero-order valence-electron chi connectivity index (χ0n) is 17.9. The van der Waals surface area contributed by atoms with Gasteiger partial charge < -0.3 is 0 Å². The molecule has 1 N–H and O–H groups in total. The second-order valence-corrected chi connectivity index (χ2v) is 9.22. The molecule has 4 aromatic heterocycles. The molecule has 174 valence electrons. The van der Waals surface area contributed by atoms with Crippen LogP contribution in [0.15, 0.2) is 59.9 Å². The van der Waals surface area contributed by atoms with Gasteiger partial charge in [0.25, 0.3) is 0 Å². The molecule has 12 heteroatoms. The summed E-state index contributed by atoms with van der Waals surface area (Å²) >= 11 is 0. The Kier molecular flexibility index (Phi) is 5.84. The fourth-order valence-corrected chi connectivity index (χ4v) is 4.55. The van der Waals surface area contributed by atoms with Gasteiger partial charge in [0.05, 0.1) is 16.9 Å². The summed E-state index contributed by atoms with van der Waals surface area (Å²) in [5.41, 5.74) is 2.61.